The van der Waals surface area contributed by atoms with E-state index in [1.165, 1.54) is 11.9 Å². The molecule has 16 unspecified atom stereocenters. The maximum atomic E-state index is 13.1. The summed E-state index contributed by atoms with van der Waals surface area (Å²) in [5.41, 5.74) is 25.8. The number of rotatable bonds is 21. The molecule has 2 saturated carbocycles. The quantitative estimate of drug-likeness (QED) is 0.0513. The molecule has 11 rings (SSSR count). The van der Waals surface area contributed by atoms with E-state index < -0.39 is 185 Å². The molecular formula is C65H109N9O23. The van der Waals surface area contributed by atoms with Gasteiger partial charge in [0.15, 0.2) is 43.8 Å². The molecule has 0 bridgehead atoms. The molecule has 2 aromatic rings. The summed E-state index contributed by atoms with van der Waals surface area (Å²) in [7, 11) is 3.16. The first-order valence-electron chi connectivity index (χ1n) is 34.6. The number of hydrogen-bond donors (Lipinski definition) is 15. The number of fused-ring (bicyclic) bond motifs is 4. The highest BCUT2D eigenvalue weighted by atomic mass is 16.8. The first-order chi connectivity index (χ1) is 47.2. The third-order valence-corrected chi connectivity index (χ3v) is 19.9. The minimum absolute atomic E-state index is 0. The lowest BCUT2D eigenvalue weighted by Gasteiger charge is -2.51. The number of amides is 3. The van der Waals surface area contributed by atoms with Crippen LogP contribution in [0.25, 0.3) is 0 Å². The van der Waals surface area contributed by atoms with Crippen molar-refractivity contribution in [1.29, 1.82) is 0 Å². The van der Waals surface area contributed by atoms with Crippen LogP contribution in [0.4, 0.5) is 14.4 Å². The Kier molecular flexibility index (Phi) is 27.3. The molecule has 0 radical (unpaired) electrons. The first kappa shape index (κ1) is 75.0. The minimum atomic E-state index is -1.45. The zero-order valence-electron chi connectivity index (χ0n) is 56.6. The Morgan fingerprint density at radius 3 is 1.85 bits per heavy atom. The molecule has 7 saturated heterocycles. The molecule has 32 nitrogen and oxygen atoms in total. The summed E-state index contributed by atoms with van der Waals surface area (Å²) in [5.74, 6) is -0.800. The standard InChI is InChI=1S/C40H53N3O14.C24H48N6O9.CH4.2H2/c1-21-16-28-33(34-30(43(3)40(49)56-34)36(53-28)57-37-32(46)31(45)22(2)29(18-44)54-37)55-35(21)52-27-15-14-25(41-38(47)50-19-23-10-6-4-7-11-23)17-26(27)42-39(48)51-20-24-12-8-5-9-13-24;1-29-17-19(33)21-14(8-12(28)22(38-21)35-13-4-3-10(26)7-11(13)27)36-23(17)39-24-20(34)18(32)16(15(9-31)37-24)30-6-2-5-25;;;/h4-13,21-22,25-37,44-46H,14-20H2,1-3H3,(H,41,47)(H,42,48);10-24,29-34H,2-9,25-28H2,1H3;1H4;2*1H/t21?,22-,25+,26?,27+,28+,29?,30?,31+,32?,33?,34?,35+,36?,37-;10-,11?,12?,13-,14-,15?,16+,17?,18-,19?,20?,21?,22-,23?,24+;;;/m10.../s1/i;;;1+2T;1+2. The van der Waals surface area contributed by atoms with Gasteiger partial charge in [0.05, 0.1) is 74.0 Å². The van der Waals surface area contributed by atoms with Crippen molar-refractivity contribution in [3.05, 3.63) is 71.8 Å². The molecule has 2 aromatic carbocycles. The van der Waals surface area contributed by atoms with Crippen molar-refractivity contribution in [3.63, 3.8) is 0 Å². The fraction of sp³-hybridized carbons (Fsp3) is 0.769. The Bertz CT molecular complexity index is 2770. The van der Waals surface area contributed by atoms with Gasteiger partial charge in [0.2, 0.25) is 0 Å². The number of nitrogens with two attached hydrogens (primary N) is 4. The van der Waals surface area contributed by atoms with E-state index in [1.807, 2.05) is 67.6 Å². The number of aliphatic hydroxyl groups excluding tert-OH is 7. The zero-order chi connectivity index (χ0) is 70.5. The minimum Gasteiger partial charge on any atom is -0.445 e. The summed E-state index contributed by atoms with van der Waals surface area (Å²) in [6.07, 6.45) is -16.1. The van der Waals surface area contributed by atoms with E-state index in [9.17, 15) is 50.1 Å². The van der Waals surface area contributed by atoms with Gasteiger partial charge in [-0.3, -0.25) is 4.90 Å². The van der Waals surface area contributed by atoms with Crippen LogP contribution in [0.3, 0.4) is 0 Å². The SMILES string of the molecule is C.CC1C[C@@H]2OC(O[C@H]3OC(CO)[C@@H](C)[C@H](O)C3O)C3C(OC(=O)N3C)C2O[C@@H]1O[C@H]1CC[C@H](NC(=O)OCc2ccccc2)CC1NC(=O)OCc1ccccc1.CNC1C(O[C@H]2OC(CO)[C@@H](NCCCN)[C@H](O)C2O)O[C@H]2CC(N)[C@@H](O[C@H]3CC[C@H](N)CC3N)OC2C1O.[3HH].[3H][3H]. The molecule has 7 aliphatic heterocycles. The summed E-state index contributed by atoms with van der Waals surface area (Å²) in [5, 5.41) is 85.8. The number of alkyl carbamates (subject to hydrolysis) is 2. The monoisotopic (exact) mass is 1390 g/mol. The van der Waals surface area contributed by atoms with Gasteiger partial charge in [0.1, 0.15) is 62.0 Å². The smallest absolute Gasteiger partial charge is 0.410 e. The lowest BCUT2D eigenvalue weighted by molar-refractivity contribution is -0.376. The number of carbonyl (C=O) groups excluding carboxylic acids is 3. The Hall–Kier alpha value is -4.67. The summed E-state index contributed by atoms with van der Waals surface area (Å²) >= 11 is 0. The second-order valence-electron chi connectivity index (χ2n) is 26.7. The molecule has 97 heavy (non-hydrogen) atoms. The number of likely N-dealkylation sites (N-methyl/N-ethyl adjacent to an activating group) is 2. The van der Waals surface area contributed by atoms with Crippen molar-refractivity contribution in [2.45, 2.75) is 264 Å². The maximum absolute atomic E-state index is 13.1. The Balaban J connectivity index is 0.000000287. The predicted octanol–water partition coefficient (Wildman–Crippen LogP) is -1.25. The van der Waals surface area contributed by atoms with Crippen LogP contribution in [0.5, 0.6) is 0 Å². The van der Waals surface area contributed by atoms with E-state index in [-0.39, 0.29) is 52.2 Å². The average Bonchev–Trinajstić information content (AvgIpc) is 1.36. The highest BCUT2D eigenvalue weighted by Gasteiger charge is 2.61. The molecule has 19 N–H and O–H groups in total. The largest absolute Gasteiger partial charge is 0.445 e. The highest BCUT2D eigenvalue weighted by Crippen LogP contribution is 2.43. The molecule has 2 aliphatic carbocycles. The van der Waals surface area contributed by atoms with Crippen LogP contribution < -0.4 is 44.2 Å². The Morgan fingerprint density at radius 2 is 1.21 bits per heavy atom. The van der Waals surface area contributed by atoms with E-state index in [0.29, 0.717) is 64.5 Å². The van der Waals surface area contributed by atoms with Crippen LogP contribution in [0.1, 0.15) is 94.6 Å². The molecule has 552 valence electrons. The topological polar surface area (TPSA) is 468 Å². The van der Waals surface area contributed by atoms with Gasteiger partial charge in [0, 0.05) is 41.4 Å². The van der Waals surface area contributed by atoms with Gasteiger partial charge in [0.25, 0.3) is 0 Å². The van der Waals surface area contributed by atoms with Crippen LogP contribution in [0.15, 0.2) is 60.7 Å². The fourth-order valence-corrected chi connectivity index (χ4v) is 14.3. The maximum Gasteiger partial charge on any atom is 0.410 e. The number of nitrogens with one attached hydrogen (secondary N) is 4. The summed E-state index contributed by atoms with van der Waals surface area (Å²) in [6.45, 7) is 3.88. The van der Waals surface area contributed by atoms with E-state index >= 15 is 0 Å². The van der Waals surface area contributed by atoms with Gasteiger partial charge in [-0.1, -0.05) is 81.9 Å². The van der Waals surface area contributed by atoms with Crippen molar-refractivity contribution in [3.8, 4) is 0 Å². The second kappa shape index (κ2) is 35.3. The van der Waals surface area contributed by atoms with Gasteiger partial charge in [-0.15, -0.1) is 0 Å². The molecule has 0 spiro atoms. The molecule has 9 aliphatic rings. The summed E-state index contributed by atoms with van der Waals surface area (Å²) < 4.78 is 88.6. The van der Waals surface area contributed by atoms with Crippen molar-refractivity contribution in [2.24, 2.45) is 34.8 Å². The van der Waals surface area contributed by atoms with Crippen molar-refractivity contribution >= 4 is 18.3 Å². The fourth-order valence-electron chi connectivity index (χ4n) is 14.3. The number of hydrogen-bond acceptors (Lipinski definition) is 29. The van der Waals surface area contributed by atoms with Gasteiger partial charge in [-0.05, 0) is 89.1 Å². The van der Waals surface area contributed by atoms with E-state index in [4.69, 9.17) is 87.5 Å². The lowest BCUT2D eigenvalue weighted by atomic mass is 9.86. The zero-order valence-corrected chi connectivity index (χ0v) is 54.6. The van der Waals surface area contributed by atoms with Crippen LogP contribution in [0.2, 0.25) is 0 Å². The van der Waals surface area contributed by atoms with E-state index in [0.717, 1.165) is 17.5 Å². The summed E-state index contributed by atoms with van der Waals surface area (Å²) in [6, 6.07) is 14.7. The van der Waals surface area contributed by atoms with Crippen LogP contribution in [0, 0.1) is 11.8 Å². The van der Waals surface area contributed by atoms with Crippen molar-refractivity contribution in [2.75, 3.05) is 40.4 Å². The van der Waals surface area contributed by atoms with Crippen molar-refractivity contribution < 1.29 is 116 Å². The van der Waals surface area contributed by atoms with Gasteiger partial charge in [-0.2, -0.15) is 0 Å². The number of nitrogens with zero attached hydrogens (tertiary/aromatic N) is 1. The third kappa shape index (κ3) is 18.5. The lowest BCUT2D eigenvalue weighted by Crippen LogP contribution is -2.70. The average molecular weight is 1390 g/mol. The molecule has 0 aromatic heterocycles. The number of benzene rings is 2. The molecule has 3 amide bonds. The number of carbonyl (C=O) groups is 3. The summed E-state index contributed by atoms with van der Waals surface area (Å²) in [4.78, 5) is 40.2. The molecule has 9 fully saturated rings. The van der Waals surface area contributed by atoms with Gasteiger partial charge >= 0.3 is 18.3 Å². The van der Waals surface area contributed by atoms with Gasteiger partial charge < -0.3 is 142 Å². The van der Waals surface area contributed by atoms with Gasteiger partial charge in [-0.25, -0.2) is 14.4 Å². The Morgan fingerprint density at radius 1 is 0.619 bits per heavy atom. The predicted molar refractivity (Wildman–Crippen MR) is 345 cm³/mol. The number of ether oxygens (including phenoxy) is 13. The van der Waals surface area contributed by atoms with E-state index in [1.54, 1.807) is 14.0 Å². The molecular weight excluding hydrogens is 1270 g/mol. The van der Waals surface area contributed by atoms with Crippen LogP contribution >= 0.6 is 0 Å². The third-order valence-electron chi connectivity index (χ3n) is 19.9. The molecule has 32 heteroatoms. The van der Waals surface area contributed by atoms with Crippen LogP contribution in [-0.2, 0) is 74.8 Å². The Labute approximate surface area is 569 Å². The highest BCUT2D eigenvalue weighted by molar-refractivity contribution is 5.71. The van der Waals surface area contributed by atoms with Crippen molar-refractivity contribution in [1.82, 2.24) is 26.2 Å². The first-order valence-corrected chi connectivity index (χ1v) is 33.6. The van der Waals surface area contributed by atoms with Crippen LogP contribution in [-0.4, -0.2) is 271 Å². The second-order valence-corrected chi connectivity index (χ2v) is 26.7. The molecule has 30 atom stereocenters. The molecule has 7 heterocycles. The normalized spacial score (nSPS) is 41.9. The number of aliphatic hydroxyl groups is 7. The van der Waals surface area contributed by atoms with E-state index in [2.05, 4.69) is 21.3 Å².